The lowest BCUT2D eigenvalue weighted by atomic mass is 9.70. The van der Waals surface area contributed by atoms with Crippen molar-refractivity contribution in [1.82, 2.24) is 4.98 Å². The molecule has 190 valence electrons. The van der Waals surface area contributed by atoms with Gasteiger partial charge in [-0.2, -0.15) is 0 Å². The second kappa shape index (κ2) is 11.2. The van der Waals surface area contributed by atoms with E-state index in [1.165, 1.54) is 0 Å². The minimum atomic E-state index is -0.901. The van der Waals surface area contributed by atoms with Crippen LogP contribution in [0, 0.1) is 0 Å². The van der Waals surface area contributed by atoms with Crippen molar-refractivity contribution in [3.63, 3.8) is 0 Å². The Kier molecular flexibility index (Phi) is 7.36. The normalized spacial score (nSPS) is 11.2. The van der Waals surface area contributed by atoms with Crippen LogP contribution >= 0.6 is 0 Å². The van der Waals surface area contributed by atoms with Crippen molar-refractivity contribution in [1.29, 1.82) is 0 Å². The van der Waals surface area contributed by atoms with Crippen molar-refractivity contribution in [2.45, 2.75) is 18.3 Å². The van der Waals surface area contributed by atoms with Gasteiger partial charge in [0.15, 0.2) is 0 Å². The summed E-state index contributed by atoms with van der Waals surface area (Å²) in [7, 11) is 3.30. The molecule has 38 heavy (non-hydrogen) atoms. The van der Waals surface area contributed by atoms with Crippen LogP contribution in [0.15, 0.2) is 115 Å². The number of fused-ring (bicyclic) bond motifs is 1. The summed E-state index contributed by atoms with van der Waals surface area (Å²) < 4.78 is 10.7. The van der Waals surface area contributed by atoms with Gasteiger partial charge in [0, 0.05) is 11.6 Å². The quantitative estimate of drug-likeness (QED) is 0.246. The number of ether oxygens (including phenoxy) is 2. The van der Waals surface area contributed by atoms with Crippen molar-refractivity contribution >= 4 is 22.5 Å². The number of rotatable bonds is 9. The lowest BCUT2D eigenvalue weighted by Crippen LogP contribution is -2.44. The van der Waals surface area contributed by atoms with E-state index in [0.29, 0.717) is 18.5 Å². The topological polar surface area (TPSA) is 60.5 Å². The molecule has 0 fully saturated rings. The van der Waals surface area contributed by atoms with Crippen molar-refractivity contribution in [2.75, 3.05) is 19.5 Å². The monoisotopic (exact) mass is 502 g/mol. The fourth-order valence-corrected chi connectivity index (χ4v) is 4.95. The minimum absolute atomic E-state index is 0.0894. The van der Waals surface area contributed by atoms with Crippen LogP contribution in [-0.2, 0) is 23.1 Å². The van der Waals surface area contributed by atoms with Crippen LogP contribution in [0.25, 0.3) is 10.9 Å². The van der Waals surface area contributed by atoms with E-state index in [1.54, 1.807) is 20.4 Å². The Labute approximate surface area is 223 Å². The Morgan fingerprint density at radius 1 is 0.711 bits per heavy atom. The van der Waals surface area contributed by atoms with Gasteiger partial charge in [0.25, 0.3) is 0 Å². The number of para-hydroxylation sites is 1. The van der Waals surface area contributed by atoms with E-state index in [1.807, 2.05) is 109 Å². The van der Waals surface area contributed by atoms with E-state index in [4.69, 9.17) is 9.47 Å². The number of hydrogen-bond donors (Lipinski definition) is 1. The zero-order valence-electron chi connectivity index (χ0n) is 21.6. The molecule has 0 aliphatic rings. The molecule has 5 aromatic rings. The van der Waals surface area contributed by atoms with Crippen LogP contribution in [0.4, 0.5) is 5.69 Å². The summed E-state index contributed by atoms with van der Waals surface area (Å²) in [6.45, 7) is 0. The van der Waals surface area contributed by atoms with E-state index in [-0.39, 0.29) is 5.91 Å². The number of nitrogens with zero attached hydrogens (tertiary/aromatic N) is 1. The first-order valence-corrected chi connectivity index (χ1v) is 12.6. The third-order valence-electron chi connectivity index (χ3n) is 6.97. The van der Waals surface area contributed by atoms with Gasteiger partial charge in [-0.1, -0.05) is 72.8 Å². The van der Waals surface area contributed by atoms with Crippen LogP contribution in [-0.4, -0.2) is 25.1 Å². The first kappa shape index (κ1) is 25.0. The highest BCUT2D eigenvalue weighted by atomic mass is 16.5. The molecule has 1 heterocycles. The lowest BCUT2D eigenvalue weighted by molar-refractivity contribution is -0.121. The van der Waals surface area contributed by atoms with Gasteiger partial charge in [0.1, 0.15) is 11.5 Å². The van der Waals surface area contributed by atoms with Gasteiger partial charge in [-0.05, 0) is 65.9 Å². The molecule has 0 saturated carbocycles. The van der Waals surface area contributed by atoms with E-state index in [9.17, 15) is 4.79 Å². The van der Waals surface area contributed by atoms with E-state index >= 15 is 0 Å². The lowest BCUT2D eigenvalue weighted by Gasteiger charge is -2.34. The molecule has 0 spiro atoms. The molecule has 0 unspecified atom stereocenters. The summed E-state index contributed by atoms with van der Waals surface area (Å²) in [5.74, 6) is 1.47. The molecule has 1 amide bonds. The van der Waals surface area contributed by atoms with Crippen molar-refractivity contribution in [2.24, 2.45) is 0 Å². The maximum Gasteiger partial charge on any atom is 0.235 e. The molecule has 0 atom stereocenters. The smallest absolute Gasteiger partial charge is 0.235 e. The third kappa shape index (κ3) is 5.23. The Bertz CT molecular complexity index is 1460. The first-order chi connectivity index (χ1) is 18.6. The Hall–Kier alpha value is -4.64. The maximum absolute atomic E-state index is 14.5. The van der Waals surface area contributed by atoms with E-state index < -0.39 is 5.41 Å². The zero-order chi connectivity index (χ0) is 26.4. The van der Waals surface area contributed by atoms with Gasteiger partial charge in [-0.3, -0.25) is 9.78 Å². The van der Waals surface area contributed by atoms with Crippen molar-refractivity contribution in [3.05, 3.63) is 132 Å². The molecule has 0 radical (unpaired) electrons. The van der Waals surface area contributed by atoms with Crippen LogP contribution in [0.2, 0.25) is 0 Å². The predicted molar refractivity (Wildman–Crippen MR) is 152 cm³/mol. The summed E-state index contributed by atoms with van der Waals surface area (Å²) >= 11 is 0. The standard InChI is InChI=1S/C33H30N2O3/c1-37-28-17-13-24(14-18-28)22-33(27-10-4-3-5-11-27,23-25-15-19-29(38-2)20-16-25)32(36)35-30-12-6-8-26-9-7-21-34-31(26)30/h3-21H,22-23H2,1-2H3,(H,35,36). The van der Waals surface area contributed by atoms with Crippen LogP contribution in [0.1, 0.15) is 16.7 Å². The number of carbonyl (C=O) groups excluding carboxylic acids is 1. The SMILES string of the molecule is COc1ccc(CC(Cc2ccc(OC)cc2)(C(=O)Nc2cccc3cccnc23)c2ccccc2)cc1. The van der Waals surface area contributed by atoms with Gasteiger partial charge in [-0.15, -0.1) is 0 Å². The van der Waals surface area contributed by atoms with E-state index in [0.717, 1.165) is 39.1 Å². The first-order valence-electron chi connectivity index (χ1n) is 12.6. The highest BCUT2D eigenvalue weighted by molar-refractivity contribution is 6.05. The summed E-state index contributed by atoms with van der Waals surface area (Å²) in [6, 6.07) is 35.6. The second-order valence-corrected chi connectivity index (χ2v) is 9.33. The third-order valence-corrected chi connectivity index (χ3v) is 6.97. The average Bonchev–Trinajstić information content (AvgIpc) is 2.98. The molecule has 0 aliphatic heterocycles. The number of anilines is 1. The fraction of sp³-hybridized carbons (Fsp3) is 0.152. The minimum Gasteiger partial charge on any atom is -0.497 e. The molecule has 1 N–H and O–H groups in total. The summed E-state index contributed by atoms with van der Waals surface area (Å²) in [5, 5.41) is 4.23. The molecule has 0 bridgehead atoms. The number of aromatic nitrogens is 1. The van der Waals surface area contributed by atoms with Gasteiger partial charge >= 0.3 is 0 Å². The second-order valence-electron chi connectivity index (χ2n) is 9.33. The van der Waals surface area contributed by atoms with Gasteiger partial charge in [0.2, 0.25) is 5.91 Å². The number of hydrogen-bond acceptors (Lipinski definition) is 4. The number of carbonyl (C=O) groups is 1. The predicted octanol–water partition coefficient (Wildman–Crippen LogP) is 6.61. The highest BCUT2D eigenvalue weighted by Crippen LogP contribution is 2.36. The van der Waals surface area contributed by atoms with Crippen molar-refractivity contribution < 1.29 is 14.3 Å². The van der Waals surface area contributed by atoms with Crippen LogP contribution in [0.5, 0.6) is 11.5 Å². The fourth-order valence-electron chi connectivity index (χ4n) is 4.95. The summed E-state index contributed by atoms with van der Waals surface area (Å²) in [6.07, 6.45) is 2.74. The molecular formula is C33H30N2O3. The molecule has 0 aliphatic carbocycles. The molecule has 5 rings (SSSR count). The van der Waals surface area contributed by atoms with Gasteiger partial charge in [-0.25, -0.2) is 0 Å². The Morgan fingerprint density at radius 2 is 1.29 bits per heavy atom. The Balaban J connectivity index is 1.63. The summed E-state index contributed by atoms with van der Waals surface area (Å²) in [4.78, 5) is 19.1. The molecule has 1 aromatic heterocycles. The number of benzene rings is 4. The number of amides is 1. The van der Waals surface area contributed by atoms with Gasteiger partial charge in [0.05, 0.1) is 30.8 Å². The zero-order valence-corrected chi connectivity index (χ0v) is 21.6. The average molecular weight is 503 g/mol. The molecule has 5 heteroatoms. The largest absolute Gasteiger partial charge is 0.497 e. The van der Waals surface area contributed by atoms with Gasteiger partial charge < -0.3 is 14.8 Å². The molecule has 0 saturated heterocycles. The van der Waals surface area contributed by atoms with Crippen LogP contribution < -0.4 is 14.8 Å². The number of methoxy groups -OCH3 is 2. The maximum atomic E-state index is 14.5. The summed E-state index contributed by atoms with van der Waals surface area (Å²) in [5.41, 5.74) is 3.57. The van der Waals surface area contributed by atoms with Crippen molar-refractivity contribution in [3.8, 4) is 11.5 Å². The molecule has 5 nitrogen and oxygen atoms in total. The highest BCUT2D eigenvalue weighted by Gasteiger charge is 2.41. The number of pyridine rings is 1. The van der Waals surface area contributed by atoms with E-state index in [2.05, 4.69) is 10.3 Å². The van der Waals surface area contributed by atoms with Crippen LogP contribution in [0.3, 0.4) is 0 Å². The number of nitrogens with one attached hydrogen (secondary N) is 1. The molecular weight excluding hydrogens is 472 g/mol. The Morgan fingerprint density at radius 3 is 1.87 bits per heavy atom. The molecule has 4 aromatic carbocycles.